The van der Waals surface area contributed by atoms with E-state index in [9.17, 15) is 17.9 Å². The Bertz CT molecular complexity index is 771. The highest BCUT2D eigenvalue weighted by molar-refractivity contribution is 7.89. The van der Waals surface area contributed by atoms with Crippen molar-refractivity contribution < 1.29 is 22.3 Å². The van der Waals surface area contributed by atoms with E-state index in [1.807, 2.05) is 4.90 Å². The second-order valence-electron chi connectivity index (χ2n) is 5.69. The molecule has 0 radical (unpaired) electrons. The van der Waals surface area contributed by atoms with Crippen LogP contribution < -0.4 is 0 Å². The number of sulfonamides is 1. The van der Waals surface area contributed by atoms with Crippen LogP contribution in [0.25, 0.3) is 0 Å². The van der Waals surface area contributed by atoms with Crippen molar-refractivity contribution in [2.24, 2.45) is 0 Å². The molecule has 1 saturated heterocycles. The Morgan fingerprint density at radius 1 is 1.17 bits per heavy atom. The Morgan fingerprint density at radius 3 is 2.54 bits per heavy atom. The molecule has 0 spiro atoms. The van der Waals surface area contributed by atoms with Gasteiger partial charge in [-0.15, -0.1) is 0 Å². The molecular weight excluding hydrogens is 335 g/mol. The normalized spacial score (nSPS) is 18.6. The number of halogens is 1. The molecule has 8 heteroatoms. The average Bonchev–Trinajstić information content (AvgIpc) is 3.10. The first-order valence-corrected chi connectivity index (χ1v) is 9.10. The van der Waals surface area contributed by atoms with Crippen molar-refractivity contribution in [2.75, 3.05) is 32.7 Å². The minimum absolute atomic E-state index is 0.0356. The highest BCUT2D eigenvalue weighted by Crippen LogP contribution is 2.20. The molecule has 0 bridgehead atoms. The van der Waals surface area contributed by atoms with Crippen molar-refractivity contribution in [3.63, 3.8) is 0 Å². The predicted octanol–water partition coefficient (Wildman–Crippen LogP) is 1.46. The summed E-state index contributed by atoms with van der Waals surface area (Å²) in [6, 6.07) is 8.44. The summed E-state index contributed by atoms with van der Waals surface area (Å²) >= 11 is 0. The molecule has 2 aromatic rings. The van der Waals surface area contributed by atoms with Gasteiger partial charge >= 0.3 is 0 Å². The first-order chi connectivity index (χ1) is 11.5. The van der Waals surface area contributed by atoms with Gasteiger partial charge in [0, 0.05) is 32.7 Å². The highest BCUT2D eigenvalue weighted by Gasteiger charge is 2.29. The molecule has 0 aliphatic carbocycles. The zero-order valence-corrected chi connectivity index (χ0v) is 13.8. The van der Waals surface area contributed by atoms with E-state index in [0.717, 1.165) is 6.07 Å². The van der Waals surface area contributed by atoms with Gasteiger partial charge in [-0.25, -0.2) is 12.8 Å². The monoisotopic (exact) mass is 354 g/mol. The second kappa shape index (κ2) is 7.02. The number of benzene rings is 1. The van der Waals surface area contributed by atoms with Gasteiger partial charge in [0.1, 0.15) is 17.7 Å². The largest absolute Gasteiger partial charge is 0.467 e. The fraction of sp³-hybridized carbons (Fsp3) is 0.375. The van der Waals surface area contributed by atoms with E-state index in [2.05, 4.69) is 0 Å². The van der Waals surface area contributed by atoms with Crippen molar-refractivity contribution in [3.8, 4) is 0 Å². The van der Waals surface area contributed by atoms with E-state index in [-0.39, 0.29) is 4.90 Å². The van der Waals surface area contributed by atoms with E-state index < -0.39 is 21.9 Å². The number of piperazine rings is 1. The Kier molecular flexibility index (Phi) is 5.00. The quantitative estimate of drug-likeness (QED) is 0.880. The highest BCUT2D eigenvalue weighted by atomic mass is 32.2. The molecule has 1 aliphatic heterocycles. The van der Waals surface area contributed by atoms with Gasteiger partial charge in [0.25, 0.3) is 0 Å². The van der Waals surface area contributed by atoms with Gasteiger partial charge in [0.2, 0.25) is 10.0 Å². The Labute approximate surface area is 140 Å². The number of nitrogens with zero attached hydrogens (tertiary/aromatic N) is 2. The maximum Gasteiger partial charge on any atom is 0.243 e. The molecule has 1 fully saturated rings. The minimum Gasteiger partial charge on any atom is -0.467 e. The third-order valence-corrected chi connectivity index (χ3v) is 5.96. The molecule has 2 heterocycles. The van der Waals surface area contributed by atoms with Crippen LogP contribution in [0.2, 0.25) is 0 Å². The van der Waals surface area contributed by atoms with Gasteiger partial charge in [-0.05, 0) is 30.3 Å². The lowest BCUT2D eigenvalue weighted by atomic mass is 10.2. The smallest absolute Gasteiger partial charge is 0.243 e. The van der Waals surface area contributed by atoms with Gasteiger partial charge in [-0.2, -0.15) is 4.31 Å². The lowest BCUT2D eigenvalue weighted by Gasteiger charge is -2.34. The van der Waals surface area contributed by atoms with E-state index in [1.165, 1.54) is 28.8 Å². The fourth-order valence-corrected chi connectivity index (χ4v) is 4.20. The zero-order valence-electron chi connectivity index (χ0n) is 13.0. The summed E-state index contributed by atoms with van der Waals surface area (Å²) in [5.41, 5.74) is 0. The van der Waals surface area contributed by atoms with Crippen LogP contribution in [-0.2, 0) is 10.0 Å². The number of aliphatic hydroxyl groups excluding tert-OH is 1. The molecule has 1 aromatic carbocycles. The number of aliphatic hydroxyl groups is 1. The minimum atomic E-state index is -3.69. The van der Waals surface area contributed by atoms with E-state index in [4.69, 9.17) is 4.42 Å². The summed E-state index contributed by atoms with van der Waals surface area (Å²) in [4.78, 5) is 1.94. The molecule has 1 N–H and O–H groups in total. The van der Waals surface area contributed by atoms with Crippen molar-refractivity contribution in [1.29, 1.82) is 0 Å². The Hall–Kier alpha value is -1.74. The third kappa shape index (κ3) is 3.67. The summed E-state index contributed by atoms with van der Waals surface area (Å²) in [7, 11) is -3.69. The van der Waals surface area contributed by atoms with Crippen molar-refractivity contribution >= 4 is 10.0 Å². The lowest BCUT2D eigenvalue weighted by molar-refractivity contribution is 0.0776. The summed E-state index contributed by atoms with van der Waals surface area (Å²) in [6.45, 7) is 1.95. The summed E-state index contributed by atoms with van der Waals surface area (Å²) in [5.74, 6) is -0.0823. The van der Waals surface area contributed by atoms with Crippen LogP contribution in [0.15, 0.2) is 52.0 Å². The Morgan fingerprint density at radius 2 is 1.92 bits per heavy atom. The number of hydrogen-bond donors (Lipinski definition) is 1. The molecule has 130 valence electrons. The standard InChI is InChI=1S/C16H19FN2O4S/c17-13-3-1-4-14(11-13)24(21,22)19-8-6-18(7-9-19)12-15(20)16-5-2-10-23-16/h1-5,10-11,15,20H,6-9,12H2/t15-/m1/s1. The third-order valence-electron chi connectivity index (χ3n) is 4.07. The van der Waals surface area contributed by atoms with Gasteiger partial charge < -0.3 is 9.52 Å². The molecular formula is C16H19FN2O4S. The predicted molar refractivity (Wildman–Crippen MR) is 85.3 cm³/mol. The van der Waals surface area contributed by atoms with Crippen LogP contribution >= 0.6 is 0 Å². The number of β-amino-alcohol motifs (C(OH)–C–C–N with tert-alkyl or cyclic N) is 1. The maximum absolute atomic E-state index is 13.3. The van der Waals surface area contributed by atoms with Crippen LogP contribution in [0.3, 0.4) is 0 Å². The number of rotatable bonds is 5. The van der Waals surface area contributed by atoms with Crippen molar-refractivity contribution in [2.45, 2.75) is 11.0 Å². The van der Waals surface area contributed by atoms with Gasteiger partial charge in [-0.1, -0.05) is 6.07 Å². The van der Waals surface area contributed by atoms with Crippen molar-refractivity contribution in [1.82, 2.24) is 9.21 Å². The van der Waals surface area contributed by atoms with Crippen molar-refractivity contribution in [3.05, 3.63) is 54.2 Å². The first-order valence-electron chi connectivity index (χ1n) is 7.66. The van der Waals surface area contributed by atoms with E-state index in [1.54, 1.807) is 12.1 Å². The SMILES string of the molecule is O=S(=O)(c1cccc(F)c1)N1CCN(C[C@@H](O)c2ccco2)CC1. The molecule has 1 atom stereocenters. The lowest BCUT2D eigenvalue weighted by Crippen LogP contribution is -2.49. The Balaban J connectivity index is 1.60. The summed E-state index contributed by atoms with van der Waals surface area (Å²) in [5, 5.41) is 10.1. The summed E-state index contributed by atoms with van der Waals surface area (Å²) in [6.07, 6.45) is 0.758. The fourth-order valence-electron chi connectivity index (χ4n) is 2.74. The van der Waals surface area contributed by atoms with Crippen LogP contribution in [0.4, 0.5) is 4.39 Å². The van der Waals surface area contributed by atoms with E-state index in [0.29, 0.717) is 38.5 Å². The zero-order chi connectivity index (χ0) is 17.2. The number of furan rings is 1. The molecule has 24 heavy (non-hydrogen) atoms. The molecule has 6 nitrogen and oxygen atoms in total. The molecule has 0 amide bonds. The van der Waals surface area contributed by atoms with E-state index >= 15 is 0 Å². The van der Waals surface area contributed by atoms with Crippen LogP contribution in [-0.4, -0.2) is 55.5 Å². The molecule has 3 rings (SSSR count). The topological polar surface area (TPSA) is 74.0 Å². The average molecular weight is 354 g/mol. The molecule has 1 aromatic heterocycles. The van der Waals surface area contributed by atoms with Crippen LogP contribution in [0.1, 0.15) is 11.9 Å². The first kappa shape index (κ1) is 17.1. The second-order valence-corrected chi connectivity index (χ2v) is 7.63. The van der Waals surface area contributed by atoms with Gasteiger partial charge in [0.05, 0.1) is 11.2 Å². The van der Waals surface area contributed by atoms with Crippen LogP contribution in [0.5, 0.6) is 0 Å². The van der Waals surface area contributed by atoms with Gasteiger partial charge in [0.15, 0.2) is 0 Å². The van der Waals surface area contributed by atoms with Gasteiger partial charge in [-0.3, -0.25) is 4.90 Å². The maximum atomic E-state index is 13.3. The molecule has 0 saturated carbocycles. The summed E-state index contributed by atoms with van der Waals surface area (Å²) < 4.78 is 44.8. The number of hydrogen-bond acceptors (Lipinski definition) is 5. The van der Waals surface area contributed by atoms with Crippen LogP contribution in [0, 0.1) is 5.82 Å². The molecule has 1 aliphatic rings. The molecule has 0 unspecified atom stereocenters.